The molecule has 2 amide bonds. The number of anilines is 4. The second-order valence-electron chi connectivity index (χ2n) is 7.99. The van der Waals surface area contributed by atoms with Gasteiger partial charge in [-0.05, 0) is 53.0 Å². The summed E-state index contributed by atoms with van der Waals surface area (Å²) in [6.07, 6.45) is 4.31. The maximum atomic E-state index is 12.3. The average Bonchev–Trinajstić information content (AvgIpc) is 3.55. The Morgan fingerprint density at radius 1 is 1.18 bits per heavy atom. The first-order chi connectivity index (χ1) is 15.9. The fraction of sp³-hybridized carbons (Fsp3) is 0.318. The number of amides is 2. The second-order valence-corrected chi connectivity index (χ2v) is 8.85. The topological polar surface area (TPSA) is 128 Å². The zero-order valence-electron chi connectivity index (χ0n) is 18.4. The second kappa shape index (κ2) is 9.99. The van der Waals surface area contributed by atoms with Gasteiger partial charge in [0.05, 0.1) is 4.47 Å². The molecule has 1 aromatic carbocycles. The SMILES string of the molecule is CN(C)C(=O)CCNC(=O)c1ccc(Nc2ncc(Br)c(Nc3cc(C4CC4)[nH]n3)n2)cc1. The lowest BCUT2D eigenvalue weighted by Gasteiger charge is -2.11. The molecule has 4 rings (SSSR count). The van der Waals surface area contributed by atoms with Crippen molar-refractivity contribution in [3.8, 4) is 0 Å². The highest BCUT2D eigenvalue weighted by Gasteiger charge is 2.25. The molecule has 1 aliphatic rings. The Labute approximate surface area is 199 Å². The Balaban J connectivity index is 1.35. The first kappa shape index (κ1) is 22.7. The number of rotatable bonds is 9. The van der Waals surface area contributed by atoms with E-state index in [-0.39, 0.29) is 24.8 Å². The lowest BCUT2D eigenvalue weighted by molar-refractivity contribution is -0.128. The lowest BCUT2D eigenvalue weighted by Crippen LogP contribution is -2.30. The minimum absolute atomic E-state index is 0.0335. The highest BCUT2D eigenvalue weighted by Crippen LogP contribution is 2.39. The first-order valence-corrected chi connectivity index (χ1v) is 11.4. The smallest absolute Gasteiger partial charge is 0.251 e. The van der Waals surface area contributed by atoms with Crippen LogP contribution < -0.4 is 16.0 Å². The molecule has 2 heterocycles. The minimum atomic E-state index is -0.232. The zero-order chi connectivity index (χ0) is 23.4. The number of benzene rings is 1. The summed E-state index contributed by atoms with van der Waals surface area (Å²) in [5.41, 5.74) is 2.37. The molecule has 2 aromatic heterocycles. The predicted octanol–water partition coefficient (Wildman–Crippen LogP) is 3.53. The van der Waals surface area contributed by atoms with Crippen LogP contribution in [0.4, 0.5) is 23.3 Å². The van der Waals surface area contributed by atoms with Crippen molar-refractivity contribution < 1.29 is 9.59 Å². The number of nitrogens with one attached hydrogen (secondary N) is 4. The van der Waals surface area contributed by atoms with Gasteiger partial charge in [-0.25, -0.2) is 4.98 Å². The third-order valence-electron chi connectivity index (χ3n) is 5.13. The van der Waals surface area contributed by atoms with E-state index in [9.17, 15) is 9.59 Å². The first-order valence-electron chi connectivity index (χ1n) is 10.6. The van der Waals surface area contributed by atoms with Gasteiger partial charge >= 0.3 is 0 Å². The Morgan fingerprint density at radius 3 is 2.64 bits per heavy atom. The summed E-state index contributed by atoms with van der Waals surface area (Å²) < 4.78 is 0.712. The van der Waals surface area contributed by atoms with Crippen molar-refractivity contribution in [2.45, 2.75) is 25.2 Å². The third-order valence-corrected chi connectivity index (χ3v) is 5.71. The van der Waals surface area contributed by atoms with Crippen molar-refractivity contribution >= 4 is 51.0 Å². The minimum Gasteiger partial charge on any atom is -0.352 e. The largest absolute Gasteiger partial charge is 0.352 e. The highest BCUT2D eigenvalue weighted by atomic mass is 79.9. The molecular weight excluding hydrogens is 488 g/mol. The van der Waals surface area contributed by atoms with Gasteiger partial charge < -0.3 is 20.9 Å². The van der Waals surface area contributed by atoms with Gasteiger partial charge in [-0.2, -0.15) is 10.1 Å². The van der Waals surface area contributed by atoms with Gasteiger partial charge in [-0.1, -0.05) is 0 Å². The number of aromatic amines is 1. The van der Waals surface area contributed by atoms with Gasteiger partial charge in [-0.15, -0.1) is 0 Å². The number of carbonyl (C=O) groups excluding carboxylic acids is 2. The van der Waals surface area contributed by atoms with E-state index < -0.39 is 0 Å². The predicted molar refractivity (Wildman–Crippen MR) is 129 cm³/mol. The summed E-state index contributed by atoms with van der Waals surface area (Å²) in [4.78, 5) is 34.2. The normalized spacial score (nSPS) is 12.8. The molecule has 0 spiro atoms. The Bertz CT molecular complexity index is 1140. The standard InChI is InChI=1S/C22H25BrN8O2/c1-31(2)19(32)9-10-24-21(33)14-5-7-15(8-6-14)26-22-25-12-16(23)20(28-22)27-18-11-17(29-30-18)13-3-4-13/h5-8,11-13H,3-4,9-10H2,1-2H3,(H,24,33)(H3,25,26,27,28,29,30). The Hall–Kier alpha value is -3.47. The van der Waals surface area contributed by atoms with Crippen molar-refractivity contribution in [1.29, 1.82) is 0 Å². The summed E-state index contributed by atoms with van der Waals surface area (Å²) in [6, 6.07) is 8.95. The molecule has 11 heteroatoms. The number of halogens is 1. The molecule has 0 bridgehead atoms. The zero-order valence-corrected chi connectivity index (χ0v) is 19.9. The van der Waals surface area contributed by atoms with Crippen molar-refractivity contribution in [2.24, 2.45) is 0 Å². The number of hydrogen-bond acceptors (Lipinski definition) is 7. The molecule has 0 aliphatic heterocycles. The van der Waals surface area contributed by atoms with Gasteiger partial charge in [-0.3, -0.25) is 14.7 Å². The maximum absolute atomic E-state index is 12.3. The molecule has 1 fully saturated rings. The molecule has 172 valence electrons. The summed E-state index contributed by atoms with van der Waals surface area (Å²) in [5.74, 6) is 2.01. The van der Waals surface area contributed by atoms with E-state index in [1.807, 2.05) is 6.07 Å². The molecule has 3 aromatic rings. The van der Waals surface area contributed by atoms with Crippen LogP contribution in [0.1, 0.15) is 41.2 Å². The van der Waals surface area contributed by atoms with Crippen LogP contribution in [0, 0.1) is 0 Å². The molecule has 0 saturated heterocycles. The molecule has 1 aliphatic carbocycles. The molecule has 0 unspecified atom stereocenters. The summed E-state index contributed by atoms with van der Waals surface area (Å²) in [7, 11) is 3.37. The lowest BCUT2D eigenvalue weighted by atomic mass is 10.2. The fourth-order valence-electron chi connectivity index (χ4n) is 3.08. The van der Waals surface area contributed by atoms with Crippen molar-refractivity contribution in [3.05, 3.63) is 52.3 Å². The van der Waals surface area contributed by atoms with E-state index >= 15 is 0 Å². The summed E-state index contributed by atoms with van der Waals surface area (Å²) >= 11 is 3.46. The van der Waals surface area contributed by atoms with Gasteiger partial charge in [0.2, 0.25) is 11.9 Å². The molecule has 10 nitrogen and oxygen atoms in total. The van der Waals surface area contributed by atoms with Gasteiger partial charge in [0.15, 0.2) is 11.6 Å². The Kier molecular flexibility index (Phi) is 6.87. The number of hydrogen-bond donors (Lipinski definition) is 4. The van der Waals surface area contributed by atoms with E-state index in [1.54, 1.807) is 44.6 Å². The van der Waals surface area contributed by atoms with E-state index in [0.717, 1.165) is 11.4 Å². The highest BCUT2D eigenvalue weighted by molar-refractivity contribution is 9.10. The van der Waals surface area contributed by atoms with Crippen LogP contribution in [-0.2, 0) is 4.79 Å². The summed E-state index contributed by atoms with van der Waals surface area (Å²) in [6.45, 7) is 0.288. The maximum Gasteiger partial charge on any atom is 0.251 e. The van der Waals surface area contributed by atoms with E-state index in [0.29, 0.717) is 33.5 Å². The molecule has 4 N–H and O–H groups in total. The monoisotopic (exact) mass is 512 g/mol. The van der Waals surface area contributed by atoms with Crippen molar-refractivity contribution in [1.82, 2.24) is 30.4 Å². The number of carbonyl (C=O) groups is 2. The van der Waals surface area contributed by atoms with E-state index in [2.05, 4.69) is 52.0 Å². The van der Waals surface area contributed by atoms with Crippen LogP contribution in [0.5, 0.6) is 0 Å². The molecule has 0 radical (unpaired) electrons. The fourth-order valence-corrected chi connectivity index (χ4v) is 3.37. The van der Waals surface area contributed by atoms with Gasteiger partial charge in [0.1, 0.15) is 0 Å². The van der Waals surface area contributed by atoms with Crippen LogP contribution in [0.15, 0.2) is 41.0 Å². The third kappa shape index (κ3) is 6.07. The number of H-pyrrole nitrogens is 1. The number of aromatic nitrogens is 4. The Morgan fingerprint density at radius 2 is 1.94 bits per heavy atom. The molecule has 1 saturated carbocycles. The van der Waals surface area contributed by atoms with Crippen molar-refractivity contribution in [3.63, 3.8) is 0 Å². The van der Waals surface area contributed by atoms with Crippen LogP contribution in [0.25, 0.3) is 0 Å². The molecule has 33 heavy (non-hydrogen) atoms. The van der Waals surface area contributed by atoms with Crippen LogP contribution >= 0.6 is 15.9 Å². The van der Waals surface area contributed by atoms with Crippen molar-refractivity contribution in [2.75, 3.05) is 31.3 Å². The number of nitrogens with zero attached hydrogens (tertiary/aromatic N) is 4. The van der Waals surface area contributed by atoms with Gasteiger partial charge in [0, 0.05) is 62.2 Å². The van der Waals surface area contributed by atoms with Gasteiger partial charge in [0.25, 0.3) is 5.91 Å². The summed E-state index contributed by atoms with van der Waals surface area (Å²) in [5, 5.41) is 16.4. The molecular formula is C22H25BrN8O2. The van der Waals surface area contributed by atoms with E-state index in [4.69, 9.17) is 0 Å². The van der Waals surface area contributed by atoms with Crippen LogP contribution in [-0.4, -0.2) is 57.5 Å². The van der Waals surface area contributed by atoms with Crippen LogP contribution in [0.3, 0.4) is 0 Å². The average molecular weight is 513 g/mol. The van der Waals surface area contributed by atoms with Crippen LogP contribution in [0.2, 0.25) is 0 Å². The quantitative estimate of drug-likeness (QED) is 0.345. The molecule has 0 atom stereocenters. The van der Waals surface area contributed by atoms with E-state index in [1.165, 1.54) is 17.7 Å².